The van der Waals surface area contributed by atoms with Crippen molar-refractivity contribution in [2.45, 2.75) is 90.8 Å². The maximum atomic E-state index is 13.1. The van der Waals surface area contributed by atoms with E-state index in [0.717, 1.165) is 62.4 Å². The maximum Gasteiger partial charge on any atom is 0.320 e. The molecule has 248 valence electrons. The molecule has 1 aromatic carbocycles. The zero-order valence-electron chi connectivity index (χ0n) is 27.4. The van der Waals surface area contributed by atoms with E-state index < -0.39 is 0 Å². The summed E-state index contributed by atoms with van der Waals surface area (Å²) in [5.74, 6) is 2.56. The molecule has 46 heavy (non-hydrogen) atoms. The van der Waals surface area contributed by atoms with Crippen LogP contribution >= 0.6 is 0 Å². The summed E-state index contributed by atoms with van der Waals surface area (Å²) in [6, 6.07) is 11.2. The van der Waals surface area contributed by atoms with Gasteiger partial charge in [-0.3, -0.25) is 9.72 Å². The highest BCUT2D eigenvalue weighted by molar-refractivity contribution is 6.05. The lowest BCUT2D eigenvalue weighted by Gasteiger charge is -2.33. The summed E-state index contributed by atoms with van der Waals surface area (Å²) in [7, 11) is 0. The molecule has 2 aromatic heterocycles. The van der Waals surface area contributed by atoms with Crippen LogP contribution in [0.1, 0.15) is 72.6 Å². The average Bonchev–Trinajstić information content (AvgIpc) is 3.44. The van der Waals surface area contributed by atoms with Crippen molar-refractivity contribution in [1.29, 1.82) is 0 Å². The molecule has 12 heteroatoms. The predicted octanol–water partition coefficient (Wildman–Crippen LogP) is 5.09. The highest BCUT2D eigenvalue weighted by Crippen LogP contribution is 2.28. The first kappa shape index (κ1) is 33.1. The molecule has 5 rings (SSSR count). The number of nitrogens with zero attached hydrogens (tertiary/aromatic N) is 5. The lowest BCUT2D eigenvalue weighted by atomic mass is 9.92. The number of pyridine rings is 1. The van der Waals surface area contributed by atoms with E-state index in [1.54, 1.807) is 24.3 Å². The Kier molecular flexibility index (Phi) is 10.7. The van der Waals surface area contributed by atoms with Gasteiger partial charge in [-0.1, -0.05) is 26.8 Å². The number of aliphatic imine (C=N–C) groups is 1. The number of allylic oxidation sites excluding steroid dienone is 1. The lowest BCUT2D eigenvalue weighted by Crippen LogP contribution is -2.46. The Balaban J connectivity index is 1.18. The van der Waals surface area contributed by atoms with E-state index in [4.69, 9.17) is 20.3 Å². The fourth-order valence-electron chi connectivity index (χ4n) is 5.78. The molecule has 1 saturated heterocycles. The number of aromatic nitrogens is 3. The monoisotopic (exact) mass is 632 g/mol. The maximum absolute atomic E-state index is 13.1. The quantitative estimate of drug-likeness (QED) is 0.188. The first-order valence-corrected chi connectivity index (χ1v) is 16.3. The van der Waals surface area contributed by atoms with E-state index in [0.29, 0.717) is 29.0 Å². The summed E-state index contributed by atoms with van der Waals surface area (Å²) < 4.78 is 14.0. The van der Waals surface area contributed by atoms with Crippen molar-refractivity contribution < 1.29 is 19.4 Å². The standard InChI is InChI=1S/C34H48N8O4/c1-23-8-5-6-17-41(23)33-40-39-31-16-15-28(22-42(31)33)46-26-13-11-24(12-14-26)37-32(44)38-30(21-29(35)34(2,3)4)36-25-9-7-10-27(20-25)45-19-18-43/h7,9-10,15-16,20-24,26,43H,5-6,8,11-14,17-19,35H2,1-4H3,(H2,36,37,38,44)/t23-,24?,26?/m0/s1. The van der Waals surface area contributed by atoms with Crippen molar-refractivity contribution in [2.24, 2.45) is 16.1 Å². The van der Waals surface area contributed by atoms with Crippen LogP contribution in [0, 0.1) is 5.41 Å². The number of amidine groups is 1. The number of aliphatic hydroxyl groups is 1. The molecule has 1 saturated carbocycles. The molecular weight excluding hydrogens is 584 g/mol. The number of aliphatic hydroxyl groups excluding tert-OH is 1. The fraction of sp³-hybridized carbons (Fsp3) is 0.529. The van der Waals surface area contributed by atoms with Gasteiger partial charge in [-0.05, 0) is 76.1 Å². The zero-order chi connectivity index (χ0) is 32.7. The van der Waals surface area contributed by atoms with Crippen LogP contribution in [0.2, 0.25) is 0 Å². The Morgan fingerprint density at radius 2 is 1.91 bits per heavy atom. The molecule has 2 aliphatic rings. The lowest BCUT2D eigenvalue weighted by molar-refractivity contribution is 0.140. The van der Waals surface area contributed by atoms with Crippen LogP contribution in [0.25, 0.3) is 5.65 Å². The molecule has 12 nitrogen and oxygen atoms in total. The molecule has 0 unspecified atom stereocenters. The summed E-state index contributed by atoms with van der Waals surface area (Å²) in [4.78, 5) is 20.1. The fourth-order valence-corrected chi connectivity index (χ4v) is 5.78. The third-order valence-electron chi connectivity index (χ3n) is 8.56. The normalized spacial score (nSPS) is 21.2. The third-order valence-corrected chi connectivity index (χ3v) is 8.56. The van der Waals surface area contributed by atoms with Gasteiger partial charge < -0.3 is 30.5 Å². The van der Waals surface area contributed by atoms with Gasteiger partial charge in [-0.25, -0.2) is 9.79 Å². The van der Waals surface area contributed by atoms with Crippen molar-refractivity contribution in [3.8, 4) is 11.5 Å². The largest absolute Gasteiger partial charge is 0.491 e. The number of anilines is 1. The molecule has 0 bridgehead atoms. The zero-order valence-corrected chi connectivity index (χ0v) is 27.4. The molecule has 1 aliphatic carbocycles. The Hall–Kier alpha value is -4.32. The molecule has 1 atom stereocenters. The molecule has 1 aliphatic heterocycles. The van der Waals surface area contributed by atoms with Crippen molar-refractivity contribution in [1.82, 2.24) is 25.2 Å². The topological polar surface area (TPSA) is 152 Å². The van der Waals surface area contributed by atoms with Gasteiger partial charge in [0.15, 0.2) is 5.65 Å². The van der Waals surface area contributed by atoms with Crippen molar-refractivity contribution >= 4 is 29.1 Å². The first-order chi connectivity index (χ1) is 22.1. The molecular formula is C34H48N8O4. The number of nitrogens with one attached hydrogen (secondary N) is 2. The minimum absolute atomic E-state index is 0.00720. The van der Waals surface area contributed by atoms with E-state index in [1.807, 2.05) is 49.6 Å². The van der Waals surface area contributed by atoms with Gasteiger partial charge in [-0.2, -0.15) is 0 Å². The van der Waals surface area contributed by atoms with Crippen LogP contribution in [-0.2, 0) is 0 Å². The Morgan fingerprint density at radius 3 is 2.65 bits per heavy atom. The SMILES string of the molecule is C[C@H]1CCCCN1c1nnc2ccc(OC3CCC(NC(=O)NC(C=C(N)C(C)(C)C)=Nc4cccc(OCCO)c4)CC3)cn12. The van der Waals surface area contributed by atoms with Crippen LogP contribution in [0.15, 0.2) is 59.4 Å². The van der Waals surface area contributed by atoms with E-state index in [1.165, 1.54) is 6.42 Å². The van der Waals surface area contributed by atoms with Gasteiger partial charge in [0.05, 0.1) is 24.6 Å². The van der Waals surface area contributed by atoms with Gasteiger partial charge in [0, 0.05) is 41.9 Å². The van der Waals surface area contributed by atoms with Crippen LogP contribution in [0.4, 0.5) is 16.4 Å². The molecule has 2 amide bonds. The van der Waals surface area contributed by atoms with E-state index >= 15 is 0 Å². The molecule has 3 aromatic rings. The number of amides is 2. The highest BCUT2D eigenvalue weighted by Gasteiger charge is 2.26. The number of benzene rings is 1. The second-order valence-electron chi connectivity index (χ2n) is 13.2. The number of piperidine rings is 1. The highest BCUT2D eigenvalue weighted by atomic mass is 16.5. The van der Waals surface area contributed by atoms with E-state index in [2.05, 4.69) is 37.6 Å². The van der Waals surface area contributed by atoms with Gasteiger partial charge >= 0.3 is 6.03 Å². The summed E-state index contributed by atoms with van der Waals surface area (Å²) in [5.41, 5.74) is 8.02. The molecule has 3 heterocycles. The second-order valence-corrected chi connectivity index (χ2v) is 13.2. The Bertz CT molecular complexity index is 1540. The number of rotatable bonds is 9. The molecule has 0 spiro atoms. The Labute approximate surface area is 271 Å². The molecule has 5 N–H and O–H groups in total. The number of carbonyl (C=O) groups is 1. The van der Waals surface area contributed by atoms with Crippen molar-refractivity contribution in [3.05, 3.63) is 54.4 Å². The van der Waals surface area contributed by atoms with Gasteiger partial charge in [-0.15, -0.1) is 10.2 Å². The summed E-state index contributed by atoms with van der Waals surface area (Å²) in [5, 5.41) is 23.9. The van der Waals surface area contributed by atoms with Crippen molar-refractivity contribution in [2.75, 3.05) is 24.7 Å². The number of ether oxygens (including phenoxy) is 2. The smallest absolute Gasteiger partial charge is 0.320 e. The number of nitrogens with two attached hydrogens (primary N) is 1. The van der Waals surface area contributed by atoms with Crippen LogP contribution in [-0.4, -0.2) is 69.5 Å². The van der Waals surface area contributed by atoms with Gasteiger partial charge in [0.25, 0.3) is 0 Å². The second kappa shape index (κ2) is 14.8. The van der Waals surface area contributed by atoms with E-state index in [9.17, 15) is 4.79 Å². The van der Waals surface area contributed by atoms with Gasteiger partial charge in [0.1, 0.15) is 23.9 Å². The third kappa shape index (κ3) is 8.68. The molecule has 2 fully saturated rings. The van der Waals surface area contributed by atoms with Crippen LogP contribution < -0.4 is 30.7 Å². The first-order valence-electron chi connectivity index (χ1n) is 16.3. The number of hydrogen-bond acceptors (Lipinski definition) is 9. The number of fused-ring (bicyclic) bond motifs is 1. The number of hydrogen-bond donors (Lipinski definition) is 4. The van der Waals surface area contributed by atoms with Crippen LogP contribution in [0.3, 0.4) is 0 Å². The Morgan fingerprint density at radius 1 is 1.11 bits per heavy atom. The number of urea groups is 1. The average molecular weight is 633 g/mol. The minimum Gasteiger partial charge on any atom is -0.491 e. The minimum atomic E-state index is -0.341. The van der Waals surface area contributed by atoms with Gasteiger partial charge in [0.2, 0.25) is 5.95 Å². The van der Waals surface area contributed by atoms with E-state index in [-0.39, 0.29) is 36.8 Å². The summed E-state index contributed by atoms with van der Waals surface area (Å²) in [6.07, 6.45) is 10.5. The van der Waals surface area contributed by atoms with Crippen LogP contribution in [0.5, 0.6) is 11.5 Å². The predicted molar refractivity (Wildman–Crippen MR) is 180 cm³/mol. The summed E-state index contributed by atoms with van der Waals surface area (Å²) in [6.45, 7) is 9.32. The van der Waals surface area contributed by atoms with Crippen molar-refractivity contribution in [3.63, 3.8) is 0 Å². The summed E-state index contributed by atoms with van der Waals surface area (Å²) >= 11 is 0. The number of carbonyl (C=O) groups excluding carboxylic acids is 1. The molecule has 0 radical (unpaired) electrons.